The van der Waals surface area contributed by atoms with E-state index in [1.54, 1.807) is 19.9 Å². The maximum Gasteiger partial charge on any atom is 0.260 e. The van der Waals surface area contributed by atoms with E-state index in [4.69, 9.17) is 4.52 Å². The van der Waals surface area contributed by atoms with Gasteiger partial charge in [-0.25, -0.2) is 9.97 Å². The van der Waals surface area contributed by atoms with E-state index >= 15 is 0 Å². The second-order valence-corrected chi connectivity index (χ2v) is 3.30. The van der Waals surface area contributed by atoms with Crippen molar-refractivity contribution in [3.8, 4) is 0 Å². The van der Waals surface area contributed by atoms with Crippen molar-refractivity contribution in [2.24, 2.45) is 0 Å². The van der Waals surface area contributed by atoms with Crippen LogP contribution >= 0.6 is 0 Å². The third-order valence-electron chi connectivity index (χ3n) is 2.03. The summed E-state index contributed by atoms with van der Waals surface area (Å²) < 4.78 is 4.84. The molecule has 0 bridgehead atoms. The molecule has 0 saturated carbocycles. The lowest BCUT2D eigenvalue weighted by atomic mass is 10.2. The number of rotatable bonds is 2. The van der Waals surface area contributed by atoms with Crippen LogP contribution < -0.4 is 5.32 Å². The molecule has 0 aliphatic heterocycles. The Kier molecular flexibility index (Phi) is 2.63. The Morgan fingerprint density at radius 1 is 1.44 bits per heavy atom. The summed E-state index contributed by atoms with van der Waals surface area (Å²) >= 11 is 0. The first kappa shape index (κ1) is 10.3. The second kappa shape index (κ2) is 4.09. The number of amides is 1. The van der Waals surface area contributed by atoms with Crippen LogP contribution in [0.4, 0.5) is 5.82 Å². The highest BCUT2D eigenvalue weighted by atomic mass is 16.5. The molecule has 2 aromatic heterocycles. The van der Waals surface area contributed by atoms with E-state index < -0.39 is 0 Å². The van der Waals surface area contributed by atoms with Gasteiger partial charge in [-0.05, 0) is 13.8 Å². The van der Waals surface area contributed by atoms with Gasteiger partial charge in [0.1, 0.15) is 12.1 Å². The summed E-state index contributed by atoms with van der Waals surface area (Å²) in [6, 6.07) is 1.64. The third kappa shape index (κ3) is 2.05. The molecule has 82 valence electrons. The van der Waals surface area contributed by atoms with E-state index in [2.05, 4.69) is 20.4 Å². The summed E-state index contributed by atoms with van der Waals surface area (Å²) in [7, 11) is 0. The molecule has 0 spiro atoms. The minimum Gasteiger partial charge on any atom is -0.360 e. The Morgan fingerprint density at radius 2 is 2.25 bits per heavy atom. The second-order valence-electron chi connectivity index (χ2n) is 3.30. The Bertz CT molecular complexity index is 521. The summed E-state index contributed by atoms with van der Waals surface area (Å²) in [5.74, 6) is 0.716. The first-order chi connectivity index (χ1) is 7.66. The lowest BCUT2D eigenvalue weighted by molar-refractivity contribution is 0.102. The average Bonchev–Trinajstić information content (AvgIpc) is 2.64. The zero-order valence-electron chi connectivity index (χ0n) is 8.89. The zero-order chi connectivity index (χ0) is 11.5. The van der Waals surface area contributed by atoms with Gasteiger partial charge < -0.3 is 9.84 Å². The van der Waals surface area contributed by atoms with Gasteiger partial charge in [0.25, 0.3) is 5.91 Å². The van der Waals surface area contributed by atoms with Crippen LogP contribution in [0, 0.1) is 13.8 Å². The minimum atomic E-state index is -0.300. The Hall–Kier alpha value is -2.24. The van der Waals surface area contributed by atoms with Gasteiger partial charge in [0.15, 0.2) is 5.82 Å². The molecule has 0 aromatic carbocycles. The van der Waals surface area contributed by atoms with Crippen LogP contribution in [0.2, 0.25) is 0 Å². The topological polar surface area (TPSA) is 80.9 Å². The van der Waals surface area contributed by atoms with Gasteiger partial charge in [-0.3, -0.25) is 4.79 Å². The molecule has 0 aliphatic rings. The van der Waals surface area contributed by atoms with Gasteiger partial charge in [-0.1, -0.05) is 5.16 Å². The van der Waals surface area contributed by atoms with Crippen molar-refractivity contribution in [2.45, 2.75) is 13.8 Å². The van der Waals surface area contributed by atoms with Crippen LogP contribution in [0.3, 0.4) is 0 Å². The van der Waals surface area contributed by atoms with Crippen LogP contribution in [-0.4, -0.2) is 21.0 Å². The highest BCUT2D eigenvalue weighted by molar-refractivity contribution is 6.04. The van der Waals surface area contributed by atoms with Crippen LogP contribution in [0.5, 0.6) is 0 Å². The van der Waals surface area contributed by atoms with Gasteiger partial charge in [0.05, 0.1) is 11.3 Å². The number of aryl methyl sites for hydroxylation is 2. The lowest BCUT2D eigenvalue weighted by Gasteiger charge is -2.02. The van der Waals surface area contributed by atoms with Crippen molar-refractivity contribution >= 4 is 11.7 Å². The van der Waals surface area contributed by atoms with Crippen molar-refractivity contribution in [1.29, 1.82) is 0 Å². The van der Waals surface area contributed by atoms with E-state index in [1.165, 1.54) is 12.5 Å². The smallest absolute Gasteiger partial charge is 0.260 e. The van der Waals surface area contributed by atoms with Crippen molar-refractivity contribution < 1.29 is 9.32 Å². The molecule has 6 nitrogen and oxygen atoms in total. The number of nitrogens with one attached hydrogen (secondary N) is 1. The van der Waals surface area contributed by atoms with Crippen molar-refractivity contribution in [3.63, 3.8) is 0 Å². The number of nitrogens with zero attached hydrogens (tertiary/aromatic N) is 3. The number of anilines is 1. The Balaban J connectivity index is 2.18. The molecule has 2 heterocycles. The van der Waals surface area contributed by atoms with Crippen LogP contribution in [-0.2, 0) is 0 Å². The van der Waals surface area contributed by atoms with Gasteiger partial charge in [-0.2, -0.15) is 0 Å². The fraction of sp³-hybridized carbons (Fsp3) is 0.200. The fourth-order valence-corrected chi connectivity index (χ4v) is 1.22. The maximum atomic E-state index is 11.8. The predicted molar refractivity (Wildman–Crippen MR) is 56.0 cm³/mol. The van der Waals surface area contributed by atoms with Crippen molar-refractivity contribution in [2.75, 3.05) is 5.32 Å². The Labute approximate surface area is 91.7 Å². The van der Waals surface area contributed by atoms with Crippen molar-refractivity contribution in [1.82, 2.24) is 15.1 Å². The van der Waals surface area contributed by atoms with Crippen molar-refractivity contribution in [3.05, 3.63) is 35.6 Å². The summed E-state index contributed by atoms with van der Waals surface area (Å²) in [5, 5.41) is 6.26. The Morgan fingerprint density at radius 3 is 2.88 bits per heavy atom. The monoisotopic (exact) mass is 218 g/mol. The van der Waals surface area contributed by atoms with Crippen LogP contribution in [0.15, 0.2) is 23.1 Å². The molecular formula is C10H10N4O2. The summed E-state index contributed by atoms with van der Waals surface area (Å²) in [4.78, 5) is 19.5. The van der Waals surface area contributed by atoms with E-state index in [0.29, 0.717) is 22.8 Å². The number of carbonyl (C=O) groups is 1. The quantitative estimate of drug-likeness (QED) is 0.822. The molecule has 1 amide bonds. The highest BCUT2D eigenvalue weighted by Crippen LogP contribution is 2.10. The maximum absolute atomic E-state index is 11.8. The molecule has 0 unspecified atom stereocenters. The normalized spacial score (nSPS) is 10.1. The van der Waals surface area contributed by atoms with Gasteiger partial charge >= 0.3 is 0 Å². The predicted octanol–water partition coefficient (Wildman–Crippen LogP) is 1.33. The first-order valence-corrected chi connectivity index (χ1v) is 4.68. The van der Waals surface area contributed by atoms with E-state index in [-0.39, 0.29) is 5.91 Å². The van der Waals surface area contributed by atoms with Crippen LogP contribution in [0.1, 0.15) is 21.8 Å². The van der Waals surface area contributed by atoms with Crippen LogP contribution in [0.25, 0.3) is 0 Å². The lowest BCUT2D eigenvalue weighted by Crippen LogP contribution is -2.14. The molecule has 2 rings (SSSR count). The molecule has 0 radical (unpaired) electrons. The number of aromatic nitrogens is 3. The van der Waals surface area contributed by atoms with E-state index in [1.807, 2.05) is 0 Å². The standard InChI is InChI=1S/C10H10N4O2/c1-6-3-9(14-16-6)13-10(15)8-4-11-5-12-7(8)2/h3-5H,1-2H3,(H,13,14,15). The molecule has 0 aliphatic carbocycles. The number of carbonyl (C=O) groups excluding carboxylic acids is 1. The molecule has 2 aromatic rings. The summed E-state index contributed by atoms with van der Waals surface area (Å²) in [5.41, 5.74) is 1.04. The van der Waals surface area contributed by atoms with Gasteiger partial charge in [0.2, 0.25) is 0 Å². The fourth-order valence-electron chi connectivity index (χ4n) is 1.22. The average molecular weight is 218 g/mol. The SMILES string of the molecule is Cc1cc(NC(=O)c2cncnc2C)no1. The highest BCUT2D eigenvalue weighted by Gasteiger charge is 2.11. The minimum absolute atomic E-state index is 0.300. The summed E-state index contributed by atoms with van der Waals surface area (Å²) in [6.45, 7) is 3.49. The molecular weight excluding hydrogens is 208 g/mol. The molecule has 6 heteroatoms. The first-order valence-electron chi connectivity index (χ1n) is 4.68. The number of hydrogen-bond acceptors (Lipinski definition) is 5. The third-order valence-corrected chi connectivity index (χ3v) is 2.03. The molecule has 0 fully saturated rings. The summed E-state index contributed by atoms with van der Waals surface area (Å²) in [6.07, 6.45) is 2.86. The molecule has 1 N–H and O–H groups in total. The van der Waals surface area contributed by atoms with Gasteiger partial charge in [0, 0.05) is 12.3 Å². The zero-order valence-corrected chi connectivity index (χ0v) is 8.89. The van der Waals surface area contributed by atoms with E-state index in [9.17, 15) is 4.79 Å². The molecule has 0 saturated heterocycles. The molecule has 0 atom stereocenters. The molecule has 16 heavy (non-hydrogen) atoms. The largest absolute Gasteiger partial charge is 0.360 e. The number of hydrogen-bond donors (Lipinski definition) is 1. The van der Waals surface area contributed by atoms with E-state index in [0.717, 1.165) is 0 Å². The van der Waals surface area contributed by atoms with Gasteiger partial charge in [-0.15, -0.1) is 0 Å².